The average molecular weight is 345 g/mol. The number of hydrogen-bond acceptors (Lipinski definition) is 2. The number of benzene rings is 1. The van der Waals surface area contributed by atoms with Gasteiger partial charge in [-0.3, -0.25) is 0 Å². The zero-order chi connectivity index (χ0) is 19.8. The van der Waals surface area contributed by atoms with Gasteiger partial charge in [-0.2, -0.15) is 0 Å². The van der Waals surface area contributed by atoms with Gasteiger partial charge in [-0.1, -0.05) is 58.0 Å². The molecule has 2 heteroatoms. The lowest BCUT2D eigenvalue weighted by molar-refractivity contribution is 0.125. The van der Waals surface area contributed by atoms with E-state index < -0.39 is 5.60 Å². The number of rotatable bonds is 3. The molecule has 140 valence electrons. The summed E-state index contributed by atoms with van der Waals surface area (Å²) in [6, 6.07) is 6.17. The molecular weight excluding hydrogens is 308 g/mol. The molecule has 0 aliphatic carbocycles. The summed E-state index contributed by atoms with van der Waals surface area (Å²) in [5, 5.41) is 11.6. The molecule has 0 unspecified atom stereocenters. The van der Waals surface area contributed by atoms with Crippen molar-refractivity contribution in [3.8, 4) is 0 Å². The predicted octanol–water partition coefficient (Wildman–Crippen LogP) is 7.22. The minimum absolute atomic E-state index is 0.893. The molecule has 2 rings (SSSR count). The Bertz CT molecular complexity index is 722. The van der Waals surface area contributed by atoms with Crippen LogP contribution in [0.1, 0.15) is 72.3 Å². The van der Waals surface area contributed by atoms with E-state index in [4.69, 9.17) is 4.42 Å². The smallest absolute Gasteiger partial charge is 0.142 e. The average Bonchev–Trinajstić information content (AvgIpc) is 2.90. The van der Waals surface area contributed by atoms with Crippen molar-refractivity contribution in [1.29, 1.82) is 0 Å². The van der Waals surface area contributed by atoms with E-state index in [-0.39, 0.29) is 0 Å². The normalized spacial score (nSPS) is 12.3. The van der Waals surface area contributed by atoms with Crippen molar-refractivity contribution in [3.63, 3.8) is 0 Å². The maximum absolute atomic E-state index is 10.4. The van der Waals surface area contributed by atoms with Gasteiger partial charge in [0.05, 0.1) is 5.60 Å². The van der Waals surface area contributed by atoms with Crippen LogP contribution in [0, 0.1) is 13.8 Å². The van der Waals surface area contributed by atoms with E-state index in [1.165, 1.54) is 5.56 Å². The molecule has 0 bridgehead atoms. The number of furan rings is 1. The minimum atomic E-state index is -0.893. The van der Waals surface area contributed by atoms with Gasteiger partial charge in [-0.05, 0) is 58.3 Å². The Morgan fingerprint density at radius 2 is 1.56 bits per heavy atom. The van der Waals surface area contributed by atoms with Gasteiger partial charge < -0.3 is 9.52 Å². The molecule has 0 saturated carbocycles. The number of allylic oxidation sites excluding steroid dienone is 2. The molecule has 1 aromatic heterocycles. The highest BCUT2D eigenvalue weighted by atomic mass is 16.3. The number of aliphatic hydroxyl groups is 1. The second-order valence-corrected chi connectivity index (χ2v) is 5.93. The molecule has 0 fully saturated rings. The van der Waals surface area contributed by atoms with Crippen LogP contribution >= 0.6 is 0 Å². The summed E-state index contributed by atoms with van der Waals surface area (Å²) in [5.74, 6) is 0.943. The highest BCUT2D eigenvalue weighted by Gasteiger charge is 2.24. The third kappa shape index (κ3) is 5.09. The SMILES string of the molecule is C/C=C(\C(=C/C)C(C)(C)O)c1cccc2c(C)c(C)oc12.CC.CC. The van der Waals surface area contributed by atoms with E-state index in [9.17, 15) is 5.11 Å². The standard InChI is InChI=1S/C19H24O2.2C2H6/c1-7-14(17(8-2)19(5,6)20)16-11-9-10-15-12(3)13(4)21-18(15)16;2*1-2/h7-11,20H,1-6H3;2*1-2H3/b14-7-,17-8+;;. The fourth-order valence-electron chi connectivity index (χ4n) is 2.87. The van der Waals surface area contributed by atoms with E-state index in [0.717, 1.165) is 33.4 Å². The molecule has 0 aliphatic rings. The fourth-order valence-corrected chi connectivity index (χ4v) is 2.87. The molecule has 0 atom stereocenters. The maximum atomic E-state index is 10.4. The first kappa shape index (κ1) is 23.2. The first-order valence-electron chi connectivity index (χ1n) is 9.36. The molecule has 1 heterocycles. The Morgan fingerprint density at radius 1 is 1.00 bits per heavy atom. The van der Waals surface area contributed by atoms with E-state index in [1.54, 1.807) is 0 Å². The summed E-state index contributed by atoms with van der Waals surface area (Å²) in [4.78, 5) is 0. The van der Waals surface area contributed by atoms with Crippen molar-refractivity contribution in [3.05, 3.63) is 52.8 Å². The summed E-state index contributed by atoms with van der Waals surface area (Å²) in [6.07, 6.45) is 4.01. The van der Waals surface area contributed by atoms with Crippen LogP contribution in [0.4, 0.5) is 0 Å². The lowest BCUT2D eigenvalue weighted by Gasteiger charge is -2.24. The van der Waals surface area contributed by atoms with Crippen molar-refractivity contribution in [2.45, 2.75) is 74.8 Å². The van der Waals surface area contributed by atoms with E-state index in [2.05, 4.69) is 19.1 Å². The summed E-state index contributed by atoms with van der Waals surface area (Å²) < 4.78 is 5.97. The molecule has 0 spiro atoms. The van der Waals surface area contributed by atoms with Crippen molar-refractivity contribution in [2.24, 2.45) is 0 Å². The first-order valence-corrected chi connectivity index (χ1v) is 9.36. The Balaban J connectivity index is 0.00000134. The molecule has 0 amide bonds. The molecule has 0 saturated heterocycles. The van der Waals surface area contributed by atoms with Crippen LogP contribution in [0.15, 0.2) is 40.3 Å². The van der Waals surface area contributed by atoms with Gasteiger partial charge in [-0.15, -0.1) is 0 Å². The van der Waals surface area contributed by atoms with Crippen molar-refractivity contribution < 1.29 is 9.52 Å². The summed E-state index contributed by atoms with van der Waals surface area (Å²) in [6.45, 7) is 19.6. The first-order chi connectivity index (χ1) is 11.8. The fraction of sp³-hybridized carbons (Fsp3) is 0.478. The molecule has 1 N–H and O–H groups in total. The number of para-hydroxylation sites is 1. The summed E-state index contributed by atoms with van der Waals surface area (Å²) >= 11 is 0. The lowest BCUT2D eigenvalue weighted by atomic mass is 9.86. The monoisotopic (exact) mass is 344 g/mol. The third-order valence-electron chi connectivity index (χ3n) is 4.02. The van der Waals surface area contributed by atoms with Gasteiger partial charge in [0.2, 0.25) is 0 Å². The molecule has 2 nitrogen and oxygen atoms in total. The van der Waals surface area contributed by atoms with Crippen LogP contribution in [0.2, 0.25) is 0 Å². The van der Waals surface area contributed by atoms with E-state index >= 15 is 0 Å². The Hall–Kier alpha value is -1.80. The Labute approximate surface area is 154 Å². The molecule has 0 aliphatic heterocycles. The highest BCUT2D eigenvalue weighted by molar-refractivity contribution is 5.96. The van der Waals surface area contributed by atoms with Crippen LogP contribution in [-0.4, -0.2) is 10.7 Å². The number of fused-ring (bicyclic) bond motifs is 1. The minimum Gasteiger partial charge on any atom is -0.460 e. The van der Waals surface area contributed by atoms with Gasteiger partial charge in [-0.25, -0.2) is 0 Å². The van der Waals surface area contributed by atoms with Crippen LogP contribution < -0.4 is 0 Å². The van der Waals surface area contributed by atoms with Crippen molar-refractivity contribution in [1.82, 2.24) is 0 Å². The predicted molar refractivity (Wildman–Crippen MR) is 112 cm³/mol. The second-order valence-electron chi connectivity index (χ2n) is 5.93. The molecule has 0 radical (unpaired) electrons. The molecule has 2 aromatic rings. The third-order valence-corrected chi connectivity index (χ3v) is 4.02. The number of hydrogen-bond donors (Lipinski definition) is 1. The molecule has 25 heavy (non-hydrogen) atoms. The Morgan fingerprint density at radius 3 is 2.00 bits per heavy atom. The van der Waals surface area contributed by atoms with E-state index in [1.807, 2.05) is 80.5 Å². The van der Waals surface area contributed by atoms with Gasteiger partial charge in [0, 0.05) is 10.9 Å². The van der Waals surface area contributed by atoms with Gasteiger partial charge in [0.25, 0.3) is 0 Å². The van der Waals surface area contributed by atoms with Crippen LogP contribution in [0.25, 0.3) is 16.5 Å². The van der Waals surface area contributed by atoms with E-state index in [0.29, 0.717) is 0 Å². The summed E-state index contributed by atoms with van der Waals surface area (Å²) in [5.41, 5.74) is 4.13. The van der Waals surface area contributed by atoms with Gasteiger partial charge in [0.1, 0.15) is 11.3 Å². The molecular formula is C23H36O2. The molecule has 1 aromatic carbocycles. The zero-order valence-electron chi connectivity index (χ0n) is 17.7. The highest BCUT2D eigenvalue weighted by Crippen LogP contribution is 2.37. The van der Waals surface area contributed by atoms with Crippen LogP contribution in [0.3, 0.4) is 0 Å². The lowest BCUT2D eigenvalue weighted by Crippen LogP contribution is -2.22. The quantitative estimate of drug-likeness (QED) is 0.596. The number of aryl methyl sites for hydroxylation is 2. The largest absolute Gasteiger partial charge is 0.460 e. The Kier molecular flexibility index (Phi) is 9.51. The second kappa shape index (κ2) is 10.2. The van der Waals surface area contributed by atoms with Crippen molar-refractivity contribution in [2.75, 3.05) is 0 Å². The van der Waals surface area contributed by atoms with Crippen LogP contribution in [0.5, 0.6) is 0 Å². The van der Waals surface area contributed by atoms with Gasteiger partial charge in [0.15, 0.2) is 0 Å². The zero-order valence-corrected chi connectivity index (χ0v) is 17.7. The van der Waals surface area contributed by atoms with Crippen LogP contribution in [-0.2, 0) is 0 Å². The summed E-state index contributed by atoms with van der Waals surface area (Å²) in [7, 11) is 0. The van der Waals surface area contributed by atoms with Crippen molar-refractivity contribution >= 4 is 16.5 Å². The maximum Gasteiger partial charge on any atom is 0.142 e. The van der Waals surface area contributed by atoms with Gasteiger partial charge >= 0.3 is 0 Å². The topological polar surface area (TPSA) is 33.4 Å².